The van der Waals surface area contributed by atoms with Gasteiger partial charge in [-0.3, -0.25) is 9.78 Å². The largest absolute Gasteiger partial charge is 0.381 e. The highest BCUT2D eigenvalue weighted by molar-refractivity contribution is 7.99. The number of carbonyl (C=O) groups is 1. The van der Waals surface area contributed by atoms with Crippen molar-refractivity contribution in [1.29, 1.82) is 0 Å². The summed E-state index contributed by atoms with van der Waals surface area (Å²) in [5.74, 6) is 0.853. The number of nitrogens with zero attached hydrogens (tertiary/aromatic N) is 1. The highest BCUT2D eigenvalue weighted by Gasteiger charge is 2.13. The third-order valence-corrected chi connectivity index (χ3v) is 4.19. The Bertz CT molecular complexity index is 367. The molecule has 0 aromatic carbocycles. The van der Waals surface area contributed by atoms with E-state index in [9.17, 15) is 4.79 Å². The van der Waals surface area contributed by atoms with Crippen LogP contribution in [0.2, 0.25) is 0 Å². The highest BCUT2D eigenvalue weighted by atomic mass is 32.2. The number of pyridine rings is 1. The molecular weight excluding hydrogens is 248 g/mol. The number of amides is 1. The topological polar surface area (TPSA) is 51.2 Å². The maximum absolute atomic E-state index is 11.7. The molecule has 0 saturated carbocycles. The molecular formula is C13H18N2O2S. The molecule has 0 unspecified atom stereocenters. The SMILES string of the molecule is O=C(NCCSC1CCOCC1)c1ccccn1. The molecule has 2 rings (SSSR count). The van der Waals surface area contributed by atoms with Crippen molar-refractivity contribution in [2.45, 2.75) is 18.1 Å². The van der Waals surface area contributed by atoms with E-state index in [1.807, 2.05) is 17.8 Å². The third-order valence-electron chi connectivity index (χ3n) is 2.81. The Labute approximate surface area is 112 Å². The van der Waals surface area contributed by atoms with Crippen LogP contribution in [0.1, 0.15) is 23.3 Å². The molecule has 1 amide bonds. The molecule has 1 aliphatic rings. The zero-order chi connectivity index (χ0) is 12.6. The van der Waals surface area contributed by atoms with E-state index in [0.29, 0.717) is 17.5 Å². The lowest BCUT2D eigenvalue weighted by Crippen LogP contribution is -2.27. The smallest absolute Gasteiger partial charge is 0.269 e. The first-order valence-corrected chi connectivity index (χ1v) is 7.30. The van der Waals surface area contributed by atoms with Crippen LogP contribution in [0.4, 0.5) is 0 Å². The molecule has 2 heterocycles. The van der Waals surface area contributed by atoms with Crippen molar-refractivity contribution >= 4 is 17.7 Å². The molecule has 18 heavy (non-hydrogen) atoms. The molecule has 1 aromatic rings. The Kier molecular flexibility index (Phi) is 5.48. The van der Waals surface area contributed by atoms with E-state index in [2.05, 4.69) is 10.3 Å². The van der Waals surface area contributed by atoms with Crippen molar-refractivity contribution in [2.75, 3.05) is 25.5 Å². The first-order chi connectivity index (χ1) is 8.86. The van der Waals surface area contributed by atoms with Gasteiger partial charge >= 0.3 is 0 Å². The molecule has 0 bridgehead atoms. The minimum absolute atomic E-state index is 0.0943. The Morgan fingerprint density at radius 2 is 2.28 bits per heavy atom. The van der Waals surface area contributed by atoms with Crippen LogP contribution in [0.25, 0.3) is 0 Å². The lowest BCUT2D eigenvalue weighted by molar-refractivity contribution is 0.0950. The first kappa shape index (κ1) is 13.4. The molecule has 1 fully saturated rings. The van der Waals surface area contributed by atoms with Gasteiger partial charge in [-0.2, -0.15) is 11.8 Å². The minimum atomic E-state index is -0.0943. The van der Waals surface area contributed by atoms with Gasteiger partial charge in [-0.25, -0.2) is 0 Å². The van der Waals surface area contributed by atoms with Crippen molar-refractivity contribution in [3.8, 4) is 0 Å². The number of rotatable bonds is 5. The van der Waals surface area contributed by atoms with Gasteiger partial charge < -0.3 is 10.1 Å². The second-order valence-electron chi connectivity index (χ2n) is 4.15. The van der Waals surface area contributed by atoms with Crippen LogP contribution < -0.4 is 5.32 Å². The number of aromatic nitrogens is 1. The zero-order valence-electron chi connectivity index (χ0n) is 10.3. The molecule has 0 spiro atoms. The van der Waals surface area contributed by atoms with Crippen molar-refractivity contribution in [3.63, 3.8) is 0 Å². The van der Waals surface area contributed by atoms with Gasteiger partial charge in [0.2, 0.25) is 0 Å². The van der Waals surface area contributed by atoms with E-state index in [1.54, 1.807) is 18.3 Å². The second-order valence-corrected chi connectivity index (χ2v) is 5.56. The molecule has 4 nitrogen and oxygen atoms in total. The van der Waals surface area contributed by atoms with Gasteiger partial charge in [-0.1, -0.05) is 6.07 Å². The van der Waals surface area contributed by atoms with Gasteiger partial charge in [0.25, 0.3) is 5.91 Å². The molecule has 5 heteroatoms. The van der Waals surface area contributed by atoms with E-state index < -0.39 is 0 Å². The monoisotopic (exact) mass is 266 g/mol. The summed E-state index contributed by atoms with van der Waals surface area (Å²) < 4.78 is 5.31. The summed E-state index contributed by atoms with van der Waals surface area (Å²) in [5, 5.41) is 3.57. The number of carbonyl (C=O) groups excluding carboxylic acids is 1. The number of ether oxygens (including phenoxy) is 1. The normalized spacial score (nSPS) is 16.4. The van der Waals surface area contributed by atoms with E-state index >= 15 is 0 Å². The van der Waals surface area contributed by atoms with Crippen LogP contribution in [0, 0.1) is 0 Å². The lowest BCUT2D eigenvalue weighted by atomic mass is 10.2. The van der Waals surface area contributed by atoms with Gasteiger partial charge in [0, 0.05) is 37.0 Å². The summed E-state index contributed by atoms with van der Waals surface area (Å²) in [7, 11) is 0. The standard InChI is InChI=1S/C13H18N2O2S/c16-13(12-3-1-2-6-14-12)15-7-10-18-11-4-8-17-9-5-11/h1-3,6,11H,4-5,7-10H2,(H,15,16). The van der Waals surface area contributed by atoms with Gasteiger partial charge in [0.05, 0.1) is 0 Å². The summed E-state index contributed by atoms with van der Waals surface area (Å²) in [6, 6.07) is 5.34. The Morgan fingerprint density at radius 3 is 3.00 bits per heavy atom. The van der Waals surface area contributed by atoms with E-state index in [0.717, 1.165) is 31.8 Å². The lowest BCUT2D eigenvalue weighted by Gasteiger charge is -2.21. The van der Waals surface area contributed by atoms with Gasteiger partial charge in [-0.05, 0) is 25.0 Å². The van der Waals surface area contributed by atoms with Crippen LogP contribution >= 0.6 is 11.8 Å². The average molecular weight is 266 g/mol. The predicted octanol–water partition coefficient (Wildman–Crippen LogP) is 1.72. The Balaban J connectivity index is 1.62. The highest BCUT2D eigenvalue weighted by Crippen LogP contribution is 2.21. The summed E-state index contributed by atoms with van der Waals surface area (Å²) in [6.45, 7) is 2.44. The number of thioether (sulfide) groups is 1. The van der Waals surface area contributed by atoms with Crippen LogP contribution in [0.15, 0.2) is 24.4 Å². The molecule has 0 radical (unpaired) electrons. The average Bonchev–Trinajstić information content (AvgIpc) is 2.45. The molecule has 1 aromatic heterocycles. The van der Waals surface area contributed by atoms with Gasteiger partial charge in [0.15, 0.2) is 0 Å². The predicted molar refractivity (Wildman–Crippen MR) is 72.9 cm³/mol. The number of nitrogens with one attached hydrogen (secondary N) is 1. The summed E-state index contributed by atoms with van der Waals surface area (Å²) in [5.41, 5.74) is 0.480. The van der Waals surface area contributed by atoms with Crippen molar-refractivity contribution < 1.29 is 9.53 Å². The van der Waals surface area contributed by atoms with E-state index in [-0.39, 0.29) is 5.91 Å². The Hall–Kier alpha value is -1.07. The summed E-state index contributed by atoms with van der Waals surface area (Å²) in [6.07, 6.45) is 3.88. The number of hydrogen-bond donors (Lipinski definition) is 1. The van der Waals surface area contributed by atoms with Crippen molar-refractivity contribution in [1.82, 2.24) is 10.3 Å². The molecule has 1 saturated heterocycles. The molecule has 0 aliphatic carbocycles. The van der Waals surface area contributed by atoms with E-state index in [4.69, 9.17) is 4.74 Å². The molecule has 1 aliphatic heterocycles. The summed E-state index contributed by atoms with van der Waals surface area (Å²) >= 11 is 1.92. The maximum atomic E-state index is 11.7. The molecule has 98 valence electrons. The van der Waals surface area contributed by atoms with E-state index in [1.165, 1.54) is 0 Å². The van der Waals surface area contributed by atoms with Crippen molar-refractivity contribution in [2.24, 2.45) is 0 Å². The fourth-order valence-corrected chi connectivity index (χ4v) is 2.90. The molecule has 1 N–H and O–H groups in total. The third kappa shape index (κ3) is 4.31. The fraction of sp³-hybridized carbons (Fsp3) is 0.538. The first-order valence-electron chi connectivity index (χ1n) is 6.25. The van der Waals surface area contributed by atoms with Crippen LogP contribution in [0.5, 0.6) is 0 Å². The Morgan fingerprint density at radius 1 is 1.44 bits per heavy atom. The van der Waals surface area contributed by atoms with Crippen LogP contribution in [0.3, 0.4) is 0 Å². The quantitative estimate of drug-likeness (QED) is 0.825. The maximum Gasteiger partial charge on any atom is 0.269 e. The zero-order valence-corrected chi connectivity index (χ0v) is 11.1. The number of hydrogen-bond acceptors (Lipinski definition) is 4. The van der Waals surface area contributed by atoms with Gasteiger partial charge in [-0.15, -0.1) is 0 Å². The fourth-order valence-electron chi connectivity index (χ4n) is 1.82. The minimum Gasteiger partial charge on any atom is -0.381 e. The van der Waals surface area contributed by atoms with Crippen LogP contribution in [-0.2, 0) is 4.74 Å². The summed E-state index contributed by atoms with van der Waals surface area (Å²) in [4.78, 5) is 15.7. The molecule has 0 atom stereocenters. The second kappa shape index (κ2) is 7.38. The van der Waals surface area contributed by atoms with Gasteiger partial charge in [0.1, 0.15) is 5.69 Å². The van der Waals surface area contributed by atoms with Crippen LogP contribution in [-0.4, -0.2) is 41.7 Å². The van der Waals surface area contributed by atoms with Crippen molar-refractivity contribution in [3.05, 3.63) is 30.1 Å².